The minimum atomic E-state index is 0.0619. The summed E-state index contributed by atoms with van der Waals surface area (Å²) in [6, 6.07) is 2.29. The summed E-state index contributed by atoms with van der Waals surface area (Å²) in [7, 11) is 4.07. The summed E-state index contributed by atoms with van der Waals surface area (Å²) in [6.45, 7) is 1.61. The highest BCUT2D eigenvalue weighted by Gasteiger charge is 2.32. The van der Waals surface area contributed by atoms with Crippen LogP contribution in [0.1, 0.15) is 10.4 Å². The Balaban J connectivity index is 2.00. The second-order valence-corrected chi connectivity index (χ2v) is 5.14. The first-order valence-electron chi connectivity index (χ1n) is 5.14. The molecule has 1 saturated heterocycles. The van der Waals surface area contributed by atoms with Gasteiger partial charge >= 0.3 is 0 Å². The summed E-state index contributed by atoms with van der Waals surface area (Å²) in [5.74, 6) is 0.0619. The molecule has 2 rings (SSSR count). The van der Waals surface area contributed by atoms with Crippen molar-refractivity contribution >= 4 is 21.8 Å². The zero-order chi connectivity index (χ0) is 11.7. The first kappa shape index (κ1) is 11.5. The average molecular weight is 284 g/mol. The molecule has 0 saturated carbocycles. The summed E-state index contributed by atoms with van der Waals surface area (Å²) < 4.78 is 0.836. The van der Waals surface area contributed by atoms with E-state index in [2.05, 4.69) is 25.8 Å². The molecule has 1 aliphatic heterocycles. The standard InChI is InChI=1S/C11H14BrN3O/c1-14(2)10-6-15(7-10)11(16)8-3-9(12)5-13-4-8/h3-5,10H,6-7H2,1-2H3. The third-order valence-corrected chi connectivity index (χ3v) is 3.27. The molecule has 1 fully saturated rings. The number of nitrogens with zero attached hydrogens (tertiary/aromatic N) is 3. The van der Waals surface area contributed by atoms with E-state index in [1.54, 1.807) is 18.5 Å². The maximum absolute atomic E-state index is 12.0. The van der Waals surface area contributed by atoms with Gasteiger partial charge in [0, 0.05) is 36.0 Å². The normalized spacial score (nSPS) is 16.4. The number of pyridine rings is 1. The lowest BCUT2D eigenvalue weighted by atomic mass is 10.1. The number of hydrogen-bond acceptors (Lipinski definition) is 3. The largest absolute Gasteiger partial charge is 0.335 e. The molecule has 1 amide bonds. The van der Waals surface area contributed by atoms with Crippen molar-refractivity contribution < 1.29 is 4.79 Å². The lowest BCUT2D eigenvalue weighted by Gasteiger charge is -2.42. The van der Waals surface area contributed by atoms with Gasteiger partial charge in [0.15, 0.2) is 0 Å². The van der Waals surface area contributed by atoms with Crippen LogP contribution in [0.15, 0.2) is 22.9 Å². The van der Waals surface area contributed by atoms with Crippen molar-refractivity contribution in [1.29, 1.82) is 0 Å². The molecule has 1 aliphatic rings. The number of aromatic nitrogens is 1. The fraction of sp³-hybridized carbons (Fsp3) is 0.455. The smallest absolute Gasteiger partial charge is 0.255 e. The van der Waals surface area contributed by atoms with Crippen molar-refractivity contribution in [3.8, 4) is 0 Å². The van der Waals surface area contributed by atoms with Gasteiger partial charge in [0.25, 0.3) is 5.91 Å². The maximum Gasteiger partial charge on any atom is 0.255 e. The number of hydrogen-bond donors (Lipinski definition) is 0. The molecule has 0 radical (unpaired) electrons. The summed E-state index contributed by atoms with van der Waals surface area (Å²) in [4.78, 5) is 20.0. The van der Waals surface area contributed by atoms with E-state index in [1.807, 2.05) is 19.0 Å². The molecule has 16 heavy (non-hydrogen) atoms. The van der Waals surface area contributed by atoms with Gasteiger partial charge in [-0.1, -0.05) is 0 Å². The topological polar surface area (TPSA) is 36.4 Å². The Labute approximate surface area is 103 Å². The molecule has 4 nitrogen and oxygen atoms in total. The quantitative estimate of drug-likeness (QED) is 0.819. The minimum absolute atomic E-state index is 0.0619. The van der Waals surface area contributed by atoms with E-state index in [0.717, 1.165) is 17.6 Å². The molecule has 0 bridgehead atoms. The second kappa shape index (κ2) is 4.51. The Morgan fingerprint density at radius 2 is 2.19 bits per heavy atom. The van der Waals surface area contributed by atoms with Gasteiger partial charge in [-0.3, -0.25) is 9.78 Å². The highest BCUT2D eigenvalue weighted by molar-refractivity contribution is 9.10. The van der Waals surface area contributed by atoms with Crippen LogP contribution < -0.4 is 0 Å². The zero-order valence-corrected chi connectivity index (χ0v) is 10.9. The van der Waals surface area contributed by atoms with E-state index in [9.17, 15) is 4.79 Å². The van der Waals surface area contributed by atoms with Crippen LogP contribution in [0.5, 0.6) is 0 Å². The Kier molecular flexibility index (Phi) is 3.25. The molecule has 5 heteroatoms. The van der Waals surface area contributed by atoms with Crippen LogP contribution in [0, 0.1) is 0 Å². The number of carbonyl (C=O) groups excluding carboxylic acids is 1. The summed E-state index contributed by atoms with van der Waals surface area (Å²) in [6.07, 6.45) is 3.28. The van der Waals surface area contributed by atoms with Crippen LogP contribution in [-0.4, -0.2) is 53.9 Å². The highest BCUT2D eigenvalue weighted by Crippen LogP contribution is 2.17. The first-order valence-corrected chi connectivity index (χ1v) is 5.93. The van der Waals surface area contributed by atoms with Gasteiger partial charge in [0.2, 0.25) is 0 Å². The number of amides is 1. The number of likely N-dealkylation sites (N-methyl/N-ethyl adjacent to an activating group) is 1. The van der Waals surface area contributed by atoms with Gasteiger partial charge in [-0.05, 0) is 36.1 Å². The van der Waals surface area contributed by atoms with Crippen LogP contribution >= 0.6 is 15.9 Å². The van der Waals surface area contributed by atoms with Crippen molar-refractivity contribution in [2.24, 2.45) is 0 Å². The number of rotatable bonds is 2. The summed E-state index contributed by atoms with van der Waals surface area (Å²) in [5, 5.41) is 0. The fourth-order valence-electron chi connectivity index (χ4n) is 1.66. The Bertz CT molecular complexity index is 402. The average Bonchev–Trinajstić information content (AvgIpc) is 2.14. The van der Waals surface area contributed by atoms with Crippen molar-refractivity contribution in [1.82, 2.24) is 14.8 Å². The third kappa shape index (κ3) is 2.25. The molecule has 0 aliphatic carbocycles. The van der Waals surface area contributed by atoms with Crippen molar-refractivity contribution in [3.63, 3.8) is 0 Å². The molecule has 0 N–H and O–H groups in total. The lowest BCUT2D eigenvalue weighted by Crippen LogP contribution is -2.59. The SMILES string of the molecule is CN(C)C1CN(C(=O)c2cncc(Br)c2)C1. The van der Waals surface area contributed by atoms with Crippen LogP contribution in [-0.2, 0) is 0 Å². The monoisotopic (exact) mass is 283 g/mol. The molecule has 0 spiro atoms. The van der Waals surface area contributed by atoms with Gasteiger partial charge in [0.1, 0.15) is 0 Å². The van der Waals surface area contributed by atoms with Gasteiger partial charge in [-0.25, -0.2) is 0 Å². The van der Waals surface area contributed by atoms with E-state index >= 15 is 0 Å². The van der Waals surface area contributed by atoms with Gasteiger partial charge in [-0.15, -0.1) is 0 Å². The molecule has 2 heterocycles. The van der Waals surface area contributed by atoms with Crippen molar-refractivity contribution in [2.45, 2.75) is 6.04 Å². The van der Waals surface area contributed by atoms with Crippen molar-refractivity contribution in [3.05, 3.63) is 28.5 Å². The van der Waals surface area contributed by atoms with Crippen LogP contribution in [0.4, 0.5) is 0 Å². The van der Waals surface area contributed by atoms with Crippen LogP contribution in [0.25, 0.3) is 0 Å². The minimum Gasteiger partial charge on any atom is -0.335 e. The molecule has 1 aromatic heterocycles. The Hall–Kier alpha value is -0.940. The predicted molar refractivity (Wildman–Crippen MR) is 65.3 cm³/mol. The summed E-state index contributed by atoms with van der Waals surface area (Å²) in [5.41, 5.74) is 0.645. The molecule has 1 aromatic rings. The second-order valence-electron chi connectivity index (χ2n) is 4.22. The zero-order valence-electron chi connectivity index (χ0n) is 9.35. The third-order valence-electron chi connectivity index (χ3n) is 2.83. The van der Waals surface area contributed by atoms with Gasteiger partial charge < -0.3 is 9.80 Å². The molecular formula is C11H14BrN3O. The fourth-order valence-corrected chi connectivity index (χ4v) is 2.02. The van der Waals surface area contributed by atoms with E-state index in [0.29, 0.717) is 11.6 Å². The molecule has 0 unspecified atom stereocenters. The van der Waals surface area contributed by atoms with Gasteiger partial charge in [0.05, 0.1) is 5.56 Å². The number of likely N-dealkylation sites (tertiary alicyclic amines) is 1. The molecule has 0 atom stereocenters. The Morgan fingerprint density at radius 1 is 1.50 bits per heavy atom. The molecule has 0 aromatic carbocycles. The van der Waals surface area contributed by atoms with Crippen molar-refractivity contribution in [2.75, 3.05) is 27.2 Å². The Morgan fingerprint density at radius 3 is 2.75 bits per heavy atom. The first-order chi connectivity index (χ1) is 7.58. The van der Waals surface area contributed by atoms with Gasteiger partial charge in [-0.2, -0.15) is 0 Å². The van der Waals surface area contributed by atoms with E-state index in [1.165, 1.54) is 0 Å². The number of carbonyl (C=O) groups is 1. The molecular weight excluding hydrogens is 270 g/mol. The highest BCUT2D eigenvalue weighted by atomic mass is 79.9. The van der Waals surface area contributed by atoms with E-state index in [4.69, 9.17) is 0 Å². The maximum atomic E-state index is 12.0. The number of halogens is 1. The van der Waals surface area contributed by atoms with E-state index < -0.39 is 0 Å². The van der Waals surface area contributed by atoms with E-state index in [-0.39, 0.29) is 5.91 Å². The van der Waals surface area contributed by atoms with Crippen LogP contribution in [0.2, 0.25) is 0 Å². The predicted octanol–water partition coefficient (Wildman–Crippen LogP) is 1.23. The summed E-state index contributed by atoms with van der Waals surface area (Å²) >= 11 is 3.31. The molecule has 86 valence electrons. The van der Waals surface area contributed by atoms with Crippen LogP contribution in [0.3, 0.4) is 0 Å². The lowest BCUT2D eigenvalue weighted by molar-refractivity contribution is 0.0399.